The number of nitrogens with one attached hydrogen (secondary N) is 1. The van der Waals surface area contributed by atoms with Gasteiger partial charge in [0.05, 0.1) is 11.4 Å². The van der Waals surface area contributed by atoms with Crippen LogP contribution in [0.25, 0.3) is 0 Å². The molecule has 0 atom stereocenters. The van der Waals surface area contributed by atoms with Crippen molar-refractivity contribution in [3.63, 3.8) is 0 Å². The second-order valence-electron chi connectivity index (χ2n) is 3.28. The van der Waals surface area contributed by atoms with Gasteiger partial charge in [0.1, 0.15) is 4.88 Å². The zero-order valence-electron chi connectivity index (χ0n) is 8.54. The van der Waals surface area contributed by atoms with Gasteiger partial charge in [0.2, 0.25) is 0 Å². The average Bonchev–Trinajstić information content (AvgIpc) is 2.68. The van der Waals surface area contributed by atoms with Gasteiger partial charge in [0.15, 0.2) is 0 Å². The quantitative estimate of drug-likeness (QED) is 0.780. The predicted molar refractivity (Wildman–Crippen MR) is 80.9 cm³/mol. The maximum Gasteiger partial charge on any atom is 0.267 e. The van der Waals surface area contributed by atoms with Crippen LogP contribution in [-0.2, 0) is 0 Å². The van der Waals surface area contributed by atoms with Gasteiger partial charge in [-0.15, -0.1) is 11.3 Å². The molecule has 1 amide bonds. The fourth-order valence-corrected chi connectivity index (χ4v) is 2.99. The highest BCUT2D eigenvalue weighted by Gasteiger charge is 2.12. The van der Waals surface area contributed by atoms with Gasteiger partial charge in [0.25, 0.3) is 5.91 Å². The minimum absolute atomic E-state index is 0.197. The Morgan fingerprint density at radius 3 is 2.76 bits per heavy atom. The molecule has 3 nitrogen and oxygen atoms in total. The Bertz CT molecular complexity index is 570. The Balaban J connectivity index is 2.22. The van der Waals surface area contributed by atoms with Crippen molar-refractivity contribution < 1.29 is 4.79 Å². The number of thiophene rings is 1. The summed E-state index contributed by atoms with van der Waals surface area (Å²) in [5, 5.41) is 5.24. The number of benzene rings is 1. The zero-order chi connectivity index (χ0) is 12.4. The molecule has 17 heavy (non-hydrogen) atoms. The lowest BCUT2D eigenvalue weighted by Crippen LogP contribution is -2.12. The molecule has 2 rings (SSSR count). The van der Waals surface area contributed by atoms with Crippen LogP contribution in [0.4, 0.5) is 11.4 Å². The lowest BCUT2D eigenvalue weighted by Gasteiger charge is -2.07. The first-order valence-corrected chi connectivity index (χ1v) is 7.01. The summed E-state index contributed by atoms with van der Waals surface area (Å²) < 4.78 is 0.888. The lowest BCUT2D eigenvalue weighted by molar-refractivity contribution is 0.103. The highest BCUT2D eigenvalue weighted by molar-refractivity contribution is 14.1. The first kappa shape index (κ1) is 12.7. The highest BCUT2D eigenvalue weighted by atomic mass is 127. The monoisotopic (exact) mass is 378 g/mol. The first-order valence-electron chi connectivity index (χ1n) is 4.67. The number of hydrogen-bond donors (Lipinski definition) is 2. The van der Waals surface area contributed by atoms with Crippen molar-refractivity contribution in [3.8, 4) is 0 Å². The second kappa shape index (κ2) is 5.24. The first-order chi connectivity index (χ1) is 8.08. The van der Waals surface area contributed by atoms with Crippen LogP contribution in [0.2, 0.25) is 5.02 Å². The van der Waals surface area contributed by atoms with E-state index in [4.69, 9.17) is 17.3 Å². The van der Waals surface area contributed by atoms with Gasteiger partial charge in [-0.3, -0.25) is 4.79 Å². The van der Waals surface area contributed by atoms with Crippen LogP contribution in [0.3, 0.4) is 0 Å². The van der Waals surface area contributed by atoms with E-state index >= 15 is 0 Å². The summed E-state index contributed by atoms with van der Waals surface area (Å²) in [6.07, 6.45) is 0. The Morgan fingerprint density at radius 2 is 2.18 bits per heavy atom. The minimum atomic E-state index is -0.197. The minimum Gasteiger partial charge on any atom is -0.397 e. The molecule has 0 saturated carbocycles. The molecule has 3 N–H and O–H groups in total. The number of carbonyl (C=O) groups excluding carboxylic acids is 1. The third-order valence-corrected chi connectivity index (χ3v) is 4.14. The third kappa shape index (κ3) is 2.91. The maximum absolute atomic E-state index is 11.9. The molecule has 2 aromatic rings. The van der Waals surface area contributed by atoms with Crippen LogP contribution < -0.4 is 11.1 Å². The van der Waals surface area contributed by atoms with Crippen molar-refractivity contribution in [2.45, 2.75) is 0 Å². The van der Waals surface area contributed by atoms with Crippen LogP contribution in [-0.4, -0.2) is 5.91 Å². The van der Waals surface area contributed by atoms with E-state index in [1.54, 1.807) is 29.6 Å². The number of rotatable bonds is 2. The molecule has 0 bridgehead atoms. The topological polar surface area (TPSA) is 55.1 Å². The van der Waals surface area contributed by atoms with Crippen molar-refractivity contribution in [3.05, 3.63) is 43.1 Å². The molecular weight excluding hydrogens is 371 g/mol. The fourth-order valence-electron chi connectivity index (χ4n) is 1.27. The van der Waals surface area contributed by atoms with E-state index in [9.17, 15) is 4.79 Å². The van der Waals surface area contributed by atoms with Crippen molar-refractivity contribution >= 4 is 62.8 Å². The number of hydrogen-bond acceptors (Lipinski definition) is 3. The molecule has 0 saturated heterocycles. The molecular formula is C11H8ClIN2OS. The standard InChI is InChI=1S/C11H8ClIN2OS/c12-6-1-2-9(7(13)5-6)15-11(16)10-8(14)3-4-17-10/h1-5H,14H2,(H,15,16). The largest absolute Gasteiger partial charge is 0.397 e. The third-order valence-electron chi connectivity index (χ3n) is 2.08. The van der Waals surface area contributed by atoms with E-state index in [1.165, 1.54) is 11.3 Å². The van der Waals surface area contributed by atoms with Crippen LogP contribution in [0, 0.1) is 3.57 Å². The lowest BCUT2D eigenvalue weighted by atomic mass is 10.3. The van der Waals surface area contributed by atoms with Gasteiger partial charge in [0, 0.05) is 8.59 Å². The summed E-state index contributed by atoms with van der Waals surface area (Å²) in [4.78, 5) is 12.4. The molecule has 0 radical (unpaired) electrons. The number of amides is 1. The molecule has 0 fully saturated rings. The predicted octanol–water partition coefficient (Wildman–Crippen LogP) is 3.84. The van der Waals surface area contributed by atoms with E-state index < -0.39 is 0 Å². The van der Waals surface area contributed by atoms with Crippen molar-refractivity contribution in [1.29, 1.82) is 0 Å². The number of nitrogen functional groups attached to an aromatic ring is 1. The normalized spacial score (nSPS) is 10.2. The summed E-state index contributed by atoms with van der Waals surface area (Å²) in [7, 11) is 0. The Morgan fingerprint density at radius 1 is 1.41 bits per heavy atom. The molecule has 1 aromatic carbocycles. The number of halogens is 2. The number of anilines is 2. The summed E-state index contributed by atoms with van der Waals surface area (Å²) >= 11 is 9.28. The van der Waals surface area contributed by atoms with Crippen LogP contribution >= 0.6 is 45.5 Å². The molecule has 0 aliphatic rings. The van der Waals surface area contributed by atoms with E-state index in [2.05, 4.69) is 27.9 Å². The summed E-state index contributed by atoms with van der Waals surface area (Å²) in [5.74, 6) is -0.197. The zero-order valence-corrected chi connectivity index (χ0v) is 12.3. The highest BCUT2D eigenvalue weighted by Crippen LogP contribution is 2.25. The molecule has 1 aromatic heterocycles. The maximum atomic E-state index is 11.9. The molecule has 0 aliphatic heterocycles. The van der Waals surface area contributed by atoms with Gasteiger partial charge in [-0.2, -0.15) is 0 Å². The molecule has 0 unspecified atom stereocenters. The average molecular weight is 379 g/mol. The van der Waals surface area contributed by atoms with Crippen LogP contribution in [0.15, 0.2) is 29.6 Å². The summed E-state index contributed by atoms with van der Waals surface area (Å²) in [6.45, 7) is 0. The van der Waals surface area contributed by atoms with Crippen molar-refractivity contribution in [2.24, 2.45) is 0 Å². The Hall–Kier alpha value is -0.790. The van der Waals surface area contributed by atoms with Crippen molar-refractivity contribution in [2.75, 3.05) is 11.1 Å². The van der Waals surface area contributed by atoms with Crippen LogP contribution in [0.1, 0.15) is 9.67 Å². The molecule has 0 spiro atoms. The Kier molecular flexibility index (Phi) is 3.90. The Labute approximate surface area is 121 Å². The smallest absolute Gasteiger partial charge is 0.267 e. The molecule has 88 valence electrons. The van der Waals surface area contributed by atoms with Crippen LogP contribution in [0.5, 0.6) is 0 Å². The van der Waals surface area contributed by atoms with E-state index in [0.29, 0.717) is 15.6 Å². The van der Waals surface area contributed by atoms with Gasteiger partial charge in [-0.1, -0.05) is 11.6 Å². The molecule has 0 aliphatic carbocycles. The number of carbonyl (C=O) groups is 1. The van der Waals surface area contributed by atoms with Gasteiger partial charge in [-0.05, 0) is 52.2 Å². The van der Waals surface area contributed by atoms with Gasteiger partial charge in [-0.25, -0.2) is 0 Å². The van der Waals surface area contributed by atoms with Crippen molar-refractivity contribution in [1.82, 2.24) is 0 Å². The molecule has 6 heteroatoms. The second-order valence-corrected chi connectivity index (χ2v) is 5.80. The SMILES string of the molecule is Nc1ccsc1C(=O)Nc1ccc(Cl)cc1I. The van der Waals surface area contributed by atoms with E-state index in [-0.39, 0.29) is 5.91 Å². The van der Waals surface area contributed by atoms with Gasteiger partial charge >= 0.3 is 0 Å². The van der Waals surface area contributed by atoms with E-state index in [1.807, 2.05) is 0 Å². The van der Waals surface area contributed by atoms with E-state index in [0.717, 1.165) is 9.26 Å². The fraction of sp³-hybridized carbons (Fsp3) is 0. The number of nitrogens with two attached hydrogens (primary N) is 1. The van der Waals surface area contributed by atoms with Gasteiger partial charge < -0.3 is 11.1 Å². The summed E-state index contributed by atoms with van der Waals surface area (Å²) in [5.41, 5.74) is 6.91. The summed E-state index contributed by atoms with van der Waals surface area (Å²) in [6, 6.07) is 7.00. The molecule has 1 heterocycles.